The summed E-state index contributed by atoms with van der Waals surface area (Å²) in [6.07, 6.45) is -1.32. The molecule has 3 aromatic carbocycles. The number of aliphatic imine (C=N–C) groups is 1. The molecule has 2 heterocycles. The van der Waals surface area contributed by atoms with Crippen molar-refractivity contribution in [2.75, 3.05) is 26.7 Å². The highest BCUT2D eigenvalue weighted by Gasteiger charge is 2.43. The lowest BCUT2D eigenvalue weighted by atomic mass is 9.99. The third kappa shape index (κ3) is 25.4. The zero-order valence-corrected chi connectivity index (χ0v) is 56.4. The number of carbonyl (C=O) groups is 14. The summed E-state index contributed by atoms with van der Waals surface area (Å²) in [6, 6.07) is 11.1. The highest BCUT2D eigenvalue weighted by molar-refractivity contribution is 6.00. The van der Waals surface area contributed by atoms with E-state index in [9.17, 15) is 67.1 Å². The van der Waals surface area contributed by atoms with Crippen LogP contribution in [0, 0.1) is 5.92 Å². The topological polar surface area (TPSA) is 527 Å². The molecule has 14 amide bonds. The summed E-state index contributed by atoms with van der Waals surface area (Å²) in [4.78, 5) is 200. The molecule has 2 saturated heterocycles. The molecule has 0 spiro atoms. The van der Waals surface area contributed by atoms with Crippen molar-refractivity contribution in [2.24, 2.45) is 51.0 Å². The average Bonchev–Trinajstić information content (AvgIpc) is 1.76. The minimum atomic E-state index is -1.57. The number of amides is 14. The van der Waals surface area contributed by atoms with Crippen LogP contribution in [-0.2, 0) is 86.4 Å². The van der Waals surface area contributed by atoms with Gasteiger partial charge in [0.1, 0.15) is 60.4 Å². The quantitative estimate of drug-likeness (QED) is 0.0148. The van der Waals surface area contributed by atoms with Crippen molar-refractivity contribution >= 4 is 88.7 Å². The van der Waals surface area contributed by atoms with Gasteiger partial charge < -0.3 is 92.1 Å². The van der Waals surface area contributed by atoms with Crippen LogP contribution in [-0.4, -0.2) is 197 Å². The van der Waals surface area contributed by atoms with Gasteiger partial charge in [-0.2, -0.15) is 0 Å². The van der Waals surface area contributed by atoms with Crippen molar-refractivity contribution in [1.29, 1.82) is 0 Å². The highest BCUT2D eigenvalue weighted by Crippen LogP contribution is 2.24. The molecule has 99 heavy (non-hydrogen) atoms. The zero-order chi connectivity index (χ0) is 73.0. The van der Waals surface area contributed by atoms with Gasteiger partial charge in [-0.25, -0.2) is 0 Å². The number of nitrogens with one attached hydrogen (secondary N) is 7. The van der Waals surface area contributed by atoms with Crippen molar-refractivity contribution in [3.8, 4) is 0 Å². The van der Waals surface area contributed by atoms with E-state index in [1.807, 2.05) is 0 Å². The molecular weight excluding hydrogens is 1280 g/mol. The Balaban J connectivity index is 1.37. The van der Waals surface area contributed by atoms with Gasteiger partial charge in [-0.05, 0) is 87.3 Å². The summed E-state index contributed by atoms with van der Waals surface area (Å²) < 4.78 is 0. The van der Waals surface area contributed by atoms with Crippen molar-refractivity contribution < 1.29 is 67.1 Å². The second-order valence-corrected chi connectivity index (χ2v) is 25.3. The number of hydrogen-bond acceptors (Lipinski definition) is 16. The third-order valence-corrected chi connectivity index (χ3v) is 17.0. The Bertz CT molecular complexity index is 3360. The Morgan fingerprint density at radius 3 is 1.36 bits per heavy atom. The minimum Gasteiger partial charge on any atom is -0.370 e. The van der Waals surface area contributed by atoms with E-state index in [2.05, 4.69) is 42.2 Å². The van der Waals surface area contributed by atoms with Crippen LogP contribution in [0.5, 0.6) is 0 Å². The summed E-state index contributed by atoms with van der Waals surface area (Å²) in [5.41, 5.74) is 40.9. The first-order valence-corrected chi connectivity index (χ1v) is 33.0. The molecule has 538 valence electrons. The SMILES string of the molecule is CC(C)C[C@H](NC(=O)[C@H](Cc1ccccc1)NC(=O)[C@H](C)N(C)C(=O)[C@@H]1CCCN1C(=O)[C@H](N)CC(N)=O)C(=O)N[C@@H](Cc1ccccc1)C(=O)N[C@@H](CCC(N)=O)C(=O)N1CCC[C@H]1C(=O)N[C@@H](CCC(N)=O)C(=O)N[C@@H](CCCN=C(N)N)C(=O)N[C@@H](Cc1ccccc1)C(N)=O. The van der Waals surface area contributed by atoms with Gasteiger partial charge in [-0.3, -0.25) is 72.1 Å². The molecule has 32 nitrogen and oxygen atoms in total. The molecule has 0 bridgehead atoms. The van der Waals surface area contributed by atoms with E-state index >= 15 is 0 Å². The number of nitrogens with two attached hydrogens (primary N) is 7. The summed E-state index contributed by atoms with van der Waals surface area (Å²) in [6.45, 7) is 5.15. The van der Waals surface area contributed by atoms with Crippen LogP contribution >= 0.6 is 0 Å². The molecule has 3 aromatic rings. The molecule has 5 rings (SSSR count). The first-order valence-electron chi connectivity index (χ1n) is 33.0. The van der Waals surface area contributed by atoms with Crippen LogP contribution in [0.25, 0.3) is 0 Å². The number of benzene rings is 3. The van der Waals surface area contributed by atoms with Gasteiger partial charge in [0.2, 0.25) is 82.7 Å². The summed E-state index contributed by atoms with van der Waals surface area (Å²) >= 11 is 0. The predicted octanol–water partition coefficient (Wildman–Crippen LogP) is -3.74. The third-order valence-electron chi connectivity index (χ3n) is 17.0. The Morgan fingerprint density at radius 2 is 0.889 bits per heavy atom. The number of carbonyl (C=O) groups excluding carboxylic acids is 14. The molecule has 32 heteroatoms. The van der Waals surface area contributed by atoms with Crippen molar-refractivity contribution in [2.45, 2.75) is 184 Å². The van der Waals surface area contributed by atoms with Gasteiger partial charge in [0.05, 0.1) is 12.5 Å². The summed E-state index contributed by atoms with van der Waals surface area (Å²) in [5.74, 6) is -12.0. The van der Waals surface area contributed by atoms with Gasteiger partial charge in [-0.1, -0.05) is 105 Å². The number of rotatable bonds is 39. The van der Waals surface area contributed by atoms with E-state index in [0.717, 1.165) is 9.80 Å². The average molecular weight is 1380 g/mol. The van der Waals surface area contributed by atoms with Gasteiger partial charge in [0.25, 0.3) is 0 Å². The summed E-state index contributed by atoms with van der Waals surface area (Å²) in [7, 11) is 1.37. The van der Waals surface area contributed by atoms with Crippen LogP contribution in [0.1, 0.15) is 115 Å². The van der Waals surface area contributed by atoms with Crippen LogP contribution in [0.2, 0.25) is 0 Å². The molecule has 0 aliphatic carbocycles. The van der Waals surface area contributed by atoms with Crippen LogP contribution in [0.4, 0.5) is 0 Å². The predicted molar refractivity (Wildman–Crippen MR) is 363 cm³/mol. The summed E-state index contributed by atoms with van der Waals surface area (Å²) in [5, 5.41) is 18.7. The van der Waals surface area contributed by atoms with E-state index < -0.39 is 168 Å². The molecular formula is C67H96N18O14. The maximum atomic E-state index is 14.9. The van der Waals surface area contributed by atoms with Gasteiger partial charge in [-0.15, -0.1) is 0 Å². The fraction of sp³-hybridized carbons (Fsp3) is 0.507. The van der Waals surface area contributed by atoms with E-state index in [4.69, 9.17) is 40.1 Å². The number of primary amides is 4. The Morgan fingerprint density at radius 1 is 0.485 bits per heavy atom. The first-order chi connectivity index (χ1) is 46.9. The van der Waals surface area contributed by atoms with Crippen molar-refractivity contribution in [3.05, 3.63) is 108 Å². The van der Waals surface area contributed by atoms with Gasteiger partial charge in [0.15, 0.2) is 5.96 Å². The van der Waals surface area contributed by atoms with Crippen LogP contribution < -0.4 is 77.4 Å². The lowest BCUT2D eigenvalue weighted by molar-refractivity contribution is -0.147. The smallest absolute Gasteiger partial charge is 0.245 e. The number of likely N-dealkylation sites (tertiary alicyclic amines) is 2. The highest BCUT2D eigenvalue weighted by atomic mass is 16.2. The fourth-order valence-corrected chi connectivity index (χ4v) is 11.6. The van der Waals surface area contributed by atoms with Crippen molar-refractivity contribution in [3.63, 3.8) is 0 Å². The molecule has 2 aliphatic rings. The molecule has 0 radical (unpaired) electrons. The Hall–Kier alpha value is -10.5. The normalized spacial score (nSPS) is 16.9. The van der Waals surface area contributed by atoms with Gasteiger partial charge >= 0.3 is 0 Å². The molecule has 0 saturated carbocycles. The van der Waals surface area contributed by atoms with E-state index in [1.165, 1.54) is 18.9 Å². The largest absolute Gasteiger partial charge is 0.370 e. The maximum absolute atomic E-state index is 14.9. The maximum Gasteiger partial charge on any atom is 0.245 e. The van der Waals surface area contributed by atoms with E-state index in [-0.39, 0.29) is 102 Å². The first kappa shape index (κ1) is 79.2. The zero-order valence-electron chi connectivity index (χ0n) is 56.4. The standard InChI is InChI=1S/C67H96N18O14/c1-38(2)33-48(81-62(95)49(35-41-19-10-6-11-20-41)80-57(90)39(3)83(4)66(99)52-25-16-32-85(52)64(97)43(68)37-55(71)88)60(93)82-50(36-42-21-12-7-13-22-42)61(94)78-46(27-29-54(70)87)65(98)84-31-15-24-51(84)63(96)77-45(26-28-53(69)86)59(92)76-44(23-14-30-75-67(73)74)58(91)79-47(56(72)89)34-40-17-8-5-9-18-40/h5-13,17-22,38-39,43-52H,14-16,23-37,68H2,1-4H3,(H2,69,86)(H2,70,87)(H2,71,88)(H2,72,89)(H,76,92)(H,77,96)(H,78,94)(H,79,91)(H,80,90)(H,81,95)(H,82,93)(H4,73,74,75)/t39-,43+,44-,45-,46-,47-,48-,49-,50-,51-,52-/m0/s1. The molecule has 11 atom stereocenters. The van der Waals surface area contributed by atoms with Crippen LogP contribution in [0.15, 0.2) is 96.0 Å². The lowest BCUT2D eigenvalue weighted by Gasteiger charge is -2.33. The Kier molecular flexibility index (Phi) is 31.2. The van der Waals surface area contributed by atoms with E-state index in [1.54, 1.807) is 105 Å². The van der Waals surface area contributed by atoms with E-state index in [0.29, 0.717) is 23.1 Å². The minimum absolute atomic E-state index is 0.00294. The molecule has 21 N–H and O–H groups in total. The lowest BCUT2D eigenvalue weighted by Crippen LogP contribution is -2.61. The van der Waals surface area contributed by atoms with Crippen LogP contribution in [0.3, 0.4) is 0 Å². The number of likely N-dealkylation sites (N-methyl/N-ethyl adjacent to an activating group) is 1. The second-order valence-electron chi connectivity index (χ2n) is 25.3. The number of hydrogen-bond donors (Lipinski definition) is 14. The van der Waals surface area contributed by atoms with Gasteiger partial charge in [0, 0.05) is 58.8 Å². The Labute approximate surface area is 574 Å². The number of nitrogens with zero attached hydrogens (tertiary/aromatic N) is 4. The molecule has 0 unspecified atom stereocenters. The fourth-order valence-electron chi connectivity index (χ4n) is 11.6. The van der Waals surface area contributed by atoms with Crippen molar-refractivity contribution in [1.82, 2.24) is 51.9 Å². The second kappa shape index (κ2) is 39.0. The number of guanidine groups is 1. The molecule has 0 aromatic heterocycles. The molecule has 2 fully saturated rings. The molecule has 2 aliphatic heterocycles. The monoisotopic (exact) mass is 1380 g/mol.